The molecule has 0 aliphatic heterocycles. The van der Waals surface area contributed by atoms with Crippen molar-refractivity contribution >= 4 is 26.7 Å². The monoisotopic (exact) mass is 396 g/mol. The number of sulfonamides is 1. The summed E-state index contributed by atoms with van der Waals surface area (Å²) in [5, 5.41) is 4.68. The number of hydrogen-bond donors (Lipinski definition) is 1. The van der Waals surface area contributed by atoms with Gasteiger partial charge < -0.3 is 5.32 Å². The summed E-state index contributed by atoms with van der Waals surface area (Å²) in [6.45, 7) is 3.62. The Morgan fingerprint density at radius 2 is 1.64 bits per heavy atom. The molecule has 0 radical (unpaired) electrons. The lowest BCUT2D eigenvalue weighted by atomic mass is 10.0. The van der Waals surface area contributed by atoms with Crippen LogP contribution in [0.2, 0.25) is 0 Å². The van der Waals surface area contributed by atoms with Crippen molar-refractivity contribution in [1.82, 2.24) is 9.62 Å². The Kier molecular flexibility index (Phi) is 5.82. The number of nitrogens with zero attached hydrogens (tertiary/aromatic N) is 1. The molecule has 1 N–H and O–H groups in total. The standard InChI is InChI=1S/C22H24N2O3S/c1-16-8-4-7-11-21(16)17(2)23-22(25)15-24(3)28(26,27)20-13-12-18-9-5-6-10-19(18)14-20/h4-14,17H,15H2,1-3H3,(H,23,25). The fraction of sp³-hybridized carbons (Fsp3) is 0.227. The van der Waals surface area contributed by atoms with Crippen LogP contribution in [-0.2, 0) is 14.8 Å². The summed E-state index contributed by atoms with van der Waals surface area (Å²) in [7, 11) is -2.34. The summed E-state index contributed by atoms with van der Waals surface area (Å²) in [5.74, 6) is -0.345. The van der Waals surface area contributed by atoms with Gasteiger partial charge in [-0.3, -0.25) is 4.79 Å². The van der Waals surface area contributed by atoms with E-state index in [-0.39, 0.29) is 23.4 Å². The van der Waals surface area contributed by atoms with E-state index in [0.29, 0.717) is 0 Å². The molecule has 146 valence electrons. The highest BCUT2D eigenvalue weighted by Crippen LogP contribution is 2.21. The van der Waals surface area contributed by atoms with E-state index in [2.05, 4.69) is 5.32 Å². The molecule has 0 aromatic heterocycles. The number of amides is 1. The number of carbonyl (C=O) groups is 1. The van der Waals surface area contributed by atoms with Crippen molar-refractivity contribution in [2.75, 3.05) is 13.6 Å². The fourth-order valence-electron chi connectivity index (χ4n) is 3.23. The number of nitrogens with one attached hydrogen (secondary N) is 1. The number of benzene rings is 3. The summed E-state index contributed by atoms with van der Waals surface area (Å²) in [4.78, 5) is 12.6. The molecule has 6 heteroatoms. The molecule has 0 saturated carbocycles. The molecule has 3 aromatic rings. The lowest BCUT2D eigenvalue weighted by molar-refractivity contribution is -0.121. The van der Waals surface area contributed by atoms with Crippen LogP contribution in [0.1, 0.15) is 24.1 Å². The van der Waals surface area contributed by atoms with Crippen molar-refractivity contribution in [2.45, 2.75) is 24.8 Å². The third-order valence-electron chi connectivity index (χ3n) is 4.83. The lowest BCUT2D eigenvalue weighted by Gasteiger charge is -2.20. The first-order valence-electron chi connectivity index (χ1n) is 9.09. The third kappa shape index (κ3) is 4.24. The highest BCUT2D eigenvalue weighted by atomic mass is 32.2. The Labute approximate surface area is 166 Å². The van der Waals surface area contributed by atoms with Gasteiger partial charge in [-0.25, -0.2) is 8.42 Å². The van der Waals surface area contributed by atoms with Gasteiger partial charge in [-0.05, 0) is 47.9 Å². The van der Waals surface area contributed by atoms with Crippen LogP contribution in [0.3, 0.4) is 0 Å². The lowest BCUT2D eigenvalue weighted by Crippen LogP contribution is -2.39. The predicted octanol–water partition coefficient (Wildman–Crippen LogP) is 3.65. The molecule has 3 rings (SSSR count). The van der Waals surface area contributed by atoms with Crippen LogP contribution in [0.15, 0.2) is 71.6 Å². The molecule has 0 fully saturated rings. The number of rotatable bonds is 6. The van der Waals surface area contributed by atoms with Crippen LogP contribution in [0.25, 0.3) is 10.8 Å². The zero-order valence-electron chi connectivity index (χ0n) is 16.2. The second-order valence-corrected chi connectivity index (χ2v) is 8.96. The number of fused-ring (bicyclic) bond motifs is 1. The summed E-state index contributed by atoms with van der Waals surface area (Å²) < 4.78 is 26.8. The molecule has 0 aliphatic carbocycles. The highest BCUT2D eigenvalue weighted by molar-refractivity contribution is 7.89. The molecular formula is C22H24N2O3S. The summed E-state index contributed by atoms with van der Waals surface area (Å²) in [6, 6.07) is 20.1. The average molecular weight is 397 g/mol. The smallest absolute Gasteiger partial charge is 0.243 e. The number of carbonyl (C=O) groups excluding carboxylic acids is 1. The van der Waals surface area contributed by atoms with Gasteiger partial charge in [0.15, 0.2) is 0 Å². The number of hydrogen-bond acceptors (Lipinski definition) is 3. The van der Waals surface area contributed by atoms with Crippen molar-refractivity contribution < 1.29 is 13.2 Å². The van der Waals surface area contributed by atoms with Gasteiger partial charge >= 0.3 is 0 Å². The minimum Gasteiger partial charge on any atom is -0.348 e. The van der Waals surface area contributed by atoms with Crippen LogP contribution in [0.5, 0.6) is 0 Å². The Morgan fingerprint density at radius 1 is 1.00 bits per heavy atom. The Balaban J connectivity index is 1.72. The van der Waals surface area contributed by atoms with Gasteiger partial charge in [0.05, 0.1) is 17.5 Å². The van der Waals surface area contributed by atoms with E-state index < -0.39 is 10.0 Å². The molecule has 5 nitrogen and oxygen atoms in total. The van der Waals surface area contributed by atoms with E-state index in [4.69, 9.17) is 0 Å². The van der Waals surface area contributed by atoms with Crippen molar-refractivity contribution in [3.05, 3.63) is 77.9 Å². The molecule has 0 bridgehead atoms. The second-order valence-electron chi connectivity index (χ2n) is 6.92. The minimum absolute atomic E-state index is 0.174. The number of likely N-dealkylation sites (N-methyl/N-ethyl adjacent to an activating group) is 1. The van der Waals surface area contributed by atoms with Gasteiger partial charge in [-0.15, -0.1) is 0 Å². The maximum absolute atomic E-state index is 12.9. The van der Waals surface area contributed by atoms with Crippen molar-refractivity contribution in [1.29, 1.82) is 0 Å². The van der Waals surface area contributed by atoms with Crippen LogP contribution in [0, 0.1) is 6.92 Å². The van der Waals surface area contributed by atoms with E-state index in [1.54, 1.807) is 18.2 Å². The largest absolute Gasteiger partial charge is 0.348 e. The molecule has 0 aliphatic rings. The zero-order valence-corrected chi connectivity index (χ0v) is 17.0. The van der Waals surface area contributed by atoms with Crippen LogP contribution in [-0.4, -0.2) is 32.2 Å². The van der Waals surface area contributed by atoms with E-state index >= 15 is 0 Å². The summed E-state index contributed by atoms with van der Waals surface area (Å²) >= 11 is 0. The van der Waals surface area contributed by atoms with Gasteiger partial charge in [0.2, 0.25) is 15.9 Å². The summed E-state index contributed by atoms with van der Waals surface area (Å²) in [5.41, 5.74) is 2.09. The van der Waals surface area contributed by atoms with Crippen LogP contribution < -0.4 is 5.32 Å². The first-order chi connectivity index (χ1) is 13.3. The molecule has 28 heavy (non-hydrogen) atoms. The quantitative estimate of drug-likeness (QED) is 0.692. The van der Waals surface area contributed by atoms with Gasteiger partial charge in [-0.1, -0.05) is 54.6 Å². The first-order valence-corrected chi connectivity index (χ1v) is 10.5. The Bertz CT molecular complexity index is 1110. The molecule has 1 unspecified atom stereocenters. The maximum Gasteiger partial charge on any atom is 0.243 e. The molecule has 0 spiro atoms. The maximum atomic E-state index is 12.9. The van der Waals surface area contributed by atoms with Gasteiger partial charge in [0.1, 0.15) is 0 Å². The van der Waals surface area contributed by atoms with Crippen molar-refractivity contribution in [3.8, 4) is 0 Å². The zero-order chi connectivity index (χ0) is 20.3. The van der Waals surface area contributed by atoms with Crippen LogP contribution in [0.4, 0.5) is 0 Å². The highest BCUT2D eigenvalue weighted by Gasteiger charge is 2.24. The normalized spacial score (nSPS) is 12.9. The Hall–Kier alpha value is -2.70. The molecule has 1 amide bonds. The second kappa shape index (κ2) is 8.12. The van der Waals surface area contributed by atoms with Crippen molar-refractivity contribution in [2.24, 2.45) is 0 Å². The van der Waals surface area contributed by atoms with E-state index in [1.165, 1.54) is 7.05 Å². The first kappa shape index (κ1) is 20.0. The van der Waals surface area contributed by atoms with Gasteiger partial charge in [0, 0.05) is 7.05 Å². The average Bonchev–Trinajstić information content (AvgIpc) is 2.67. The molecular weight excluding hydrogens is 372 g/mol. The predicted molar refractivity (Wildman–Crippen MR) is 112 cm³/mol. The molecule has 0 saturated heterocycles. The molecule has 3 aromatic carbocycles. The topological polar surface area (TPSA) is 66.5 Å². The van der Waals surface area contributed by atoms with Crippen LogP contribution >= 0.6 is 0 Å². The number of aryl methyl sites for hydroxylation is 1. The van der Waals surface area contributed by atoms with Crippen molar-refractivity contribution in [3.63, 3.8) is 0 Å². The molecule has 1 atom stereocenters. The van der Waals surface area contributed by atoms with E-state index in [0.717, 1.165) is 26.2 Å². The molecule has 0 heterocycles. The fourth-order valence-corrected chi connectivity index (χ4v) is 4.40. The minimum atomic E-state index is -3.76. The third-order valence-corrected chi connectivity index (χ3v) is 6.63. The van der Waals surface area contributed by atoms with E-state index in [9.17, 15) is 13.2 Å². The summed E-state index contributed by atoms with van der Waals surface area (Å²) in [6.07, 6.45) is 0. The van der Waals surface area contributed by atoms with Gasteiger partial charge in [-0.2, -0.15) is 4.31 Å². The van der Waals surface area contributed by atoms with Gasteiger partial charge in [0.25, 0.3) is 0 Å². The Morgan fingerprint density at radius 3 is 2.36 bits per heavy atom. The van der Waals surface area contributed by atoms with E-state index in [1.807, 2.05) is 62.4 Å². The SMILES string of the molecule is Cc1ccccc1C(C)NC(=O)CN(C)S(=O)(=O)c1ccc2ccccc2c1.